The zero-order chi connectivity index (χ0) is 21.5. The van der Waals surface area contributed by atoms with Crippen molar-refractivity contribution >= 4 is 29.6 Å². The molecule has 0 unspecified atom stereocenters. The smallest absolute Gasteiger partial charge is 0.340 e. The van der Waals surface area contributed by atoms with Crippen LogP contribution in [0.4, 0.5) is 0 Å². The fourth-order valence-electron chi connectivity index (χ4n) is 3.89. The van der Waals surface area contributed by atoms with Gasteiger partial charge in [-0.05, 0) is 70.0 Å². The fraction of sp³-hybridized carbons (Fsp3) is 0.304. The maximum Gasteiger partial charge on any atom is 0.340 e. The van der Waals surface area contributed by atoms with Crippen molar-refractivity contribution in [1.82, 2.24) is 9.47 Å². The van der Waals surface area contributed by atoms with E-state index in [9.17, 15) is 9.59 Å². The Balaban J connectivity index is 2.18. The topological polar surface area (TPSA) is 51.5 Å². The summed E-state index contributed by atoms with van der Waals surface area (Å²) < 4.78 is 7.04. The number of methoxy groups -OCH3 is 1. The summed E-state index contributed by atoms with van der Waals surface area (Å²) in [5.41, 5.74) is 6.23. The lowest BCUT2D eigenvalue weighted by Crippen LogP contribution is -2.24. The molecular formula is C23H25ClN2O3. The van der Waals surface area contributed by atoms with E-state index in [0.717, 1.165) is 28.2 Å². The van der Waals surface area contributed by atoms with Crippen LogP contribution in [0.2, 0.25) is 5.02 Å². The molecule has 0 spiro atoms. The number of rotatable bonds is 4. The van der Waals surface area contributed by atoms with E-state index in [-0.39, 0.29) is 5.91 Å². The quantitative estimate of drug-likeness (QED) is 0.538. The van der Waals surface area contributed by atoms with Gasteiger partial charge in [-0.3, -0.25) is 4.79 Å². The second kappa shape index (κ2) is 7.91. The Kier molecular flexibility index (Phi) is 5.71. The fourth-order valence-corrected chi connectivity index (χ4v) is 4.06. The normalized spacial score (nSPS) is 15.6. The molecule has 0 N–H and O–H groups in total. The minimum Gasteiger partial charge on any atom is -0.465 e. The molecule has 0 fully saturated rings. The standard InChI is InChI=1S/C23H25ClN2O3/c1-7-25-16(5)21(23(28)29-6)19(22(25)27)11-17-10-14(3)26(15(17)4)20-12-18(24)9-8-13(20)2/h8-12H,7H2,1-6H3. The molecule has 6 heteroatoms. The van der Waals surface area contributed by atoms with E-state index in [0.29, 0.717) is 28.4 Å². The monoisotopic (exact) mass is 412 g/mol. The summed E-state index contributed by atoms with van der Waals surface area (Å²) in [5, 5.41) is 0.661. The highest BCUT2D eigenvalue weighted by Gasteiger charge is 2.36. The summed E-state index contributed by atoms with van der Waals surface area (Å²) in [4.78, 5) is 26.9. The van der Waals surface area contributed by atoms with Crippen molar-refractivity contribution in [2.45, 2.75) is 34.6 Å². The Morgan fingerprint density at radius 1 is 1.17 bits per heavy atom. The number of likely N-dealkylation sites (N-methyl/N-ethyl adjacent to an activating group) is 1. The van der Waals surface area contributed by atoms with Crippen LogP contribution >= 0.6 is 11.6 Å². The molecule has 1 amide bonds. The lowest BCUT2D eigenvalue weighted by atomic mass is 10.0. The van der Waals surface area contributed by atoms with Gasteiger partial charge in [0.1, 0.15) is 0 Å². The first kappa shape index (κ1) is 20.9. The van der Waals surface area contributed by atoms with Crippen LogP contribution in [0.3, 0.4) is 0 Å². The van der Waals surface area contributed by atoms with Crippen LogP contribution in [-0.4, -0.2) is 35.0 Å². The SMILES string of the molecule is CCN1C(=O)C(=Cc2cc(C)n(-c3cc(Cl)ccc3C)c2C)C(C(=O)OC)=C1C. The molecule has 1 aliphatic heterocycles. The Labute approximate surface area is 176 Å². The third kappa shape index (κ3) is 3.51. The van der Waals surface area contributed by atoms with Crippen LogP contribution in [0.5, 0.6) is 0 Å². The first-order chi connectivity index (χ1) is 13.7. The summed E-state index contributed by atoms with van der Waals surface area (Å²) in [6, 6.07) is 7.78. The van der Waals surface area contributed by atoms with E-state index >= 15 is 0 Å². The molecule has 2 aromatic rings. The van der Waals surface area contributed by atoms with Gasteiger partial charge >= 0.3 is 5.97 Å². The van der Waals surface area contributed by atoms with E-state index in [1.54, 1.807) is 17.9 Å². The summed E-state index contributed by atoms with van der Waals surface area (Å²) >= 11 is 6.22. The Morgan fingerprint density at radius 2 is 1.86 bits per heavy atom. The highest BCUT2D eigenvalue weighted by Crippen LogP contribution is 2.33. The molecule has 152 valence electrons. The van der Waals surface area contributed by atoms with Crippen LogP contribution in [0.25, 0.3) is 11.8 Å². The third-order valence-electron chi connectivity index (χ3n) is 5.40. The zero-order valence-electron chi connectivity index (χ0n) is 17.6. The number of halogens is 1. The first-order valence-corrected chi connectivity index (χ1v) is 9.87. The van der Waals surface area contributed by atoms with Crippen molar-refractivity contribution in [3.05, 3.63) is 68.6 Å². The van der Waals surface area contributed by atoms with E-state index in [1.165, 1.54) is 7.11 Å². The van der Waals surface area contributed by atoms with Gasteiger partial charge in [-0.15, -0.1) is 0 Å². The van der Waals surface area contributed by atoms with Crippen molar-refractivity contribution in [3.63, 3.8) is 0 Å². The number of carbonyl (C=O) groups excluding carboxylic acids is 2. The second-order valence-electron chi connectivity index (χ2n) is 7.15. The molecule has 2 heterocycles. The molecule has 1 aliphatic rings. The molecule has 29 heavy (non-hydrogen) atoms. The maximum atomic E-state index is 12.9. The van der Waals surface area contributed by atoms with Gasteiger partial charge in [-0.2, -0.15) is 0 Å². The van der Waals surface area contributed by atoms with Crippen LogP contribution in [0, 0.1) is 20.8 Å². The number of aryl methyl sites for hydroxylation is 2. The van der Waals surface area contributed by atoms with Crippen LogP contribution in [-0.2, 0) is 14.3 Å². The third-order valence-corrected chi connectivity index (χ3v) is 5.63. The van der Waals surface area contributed by atoms with Crippen molar-refractivity contribution in [1.29, 1.82) is 0 Å². The number of aromatic nitrogens is 1. The number of carbonyl (C=O) groups is 2. The lowest BCUT2D eigenvalue weighted by molar-refractivity contribution is -0.136. The summed E-state index contributed by atoms with van der Waals surface area (Å²) in [6.07, 6.45) is 1.78. The average Bonchev–Trinajstić information content (AvgIpc) is 3.09. The van der Waals surface area contributed by atoms with Crippen LogP contribution in [0.15, 0.2) is 41.1 Å². The Bertz CT molecular complexity index is 1080. The number of nitrogens with zero attached hydrogens (tertiary/aromatic N) is 2. The van der Waals surface area contributed by atoms with E-state index < -0.39 is 5.97 Å². The van der Waals surface area contributed by atoms with Gasteiger partial charge in [0.15, 0.2) is 0 Å². The zero-order valence-corrected chi connectivity index (χ0v) is 18.3. The summed E-state index contributed by atoms with van der Waals surface area (Å²) in [6.45, 7) is 10.2. The van der Waals surface area contributed by atoms with Gasteiger partial charge in [0.2, 0.25) is 0 Å². The van der Waals surface area contributed by atoms with Gasteiger partial charge in [0, 0.05) is 34.3 Å². The Morgan fingerprint density at radius 3 is 2.48 bits per heavy atom. The predicted octanol–water partition coefficient (Wildman–Crippen LogP) is 4.75. The molecule has 3 rings (SSSR count). The minimum atomic E-state index is -0.502. The molecule has 1 aromatic carbocycles. The van der Waals surface area contributed by atoms with Crippen LogP contribution < -0.4 is 0 Å². The number of hydrogen-bond donors (Lipinski definition) is 0. The molecule has 0 aliphatic carbocycles. The van der Waals surface area contributed by atoms with Gasteiger partial charge in [-0.25, -0.2) is 4.79 Å². The second-order valence-corrected chi connectivity index (χ2v) is 7.59. The van der Waals surface area contributed by atoms with E-state index in [1.807, 2.05) is 52.0 Å². The minimum absolute atomic E-state index is 0.186. The number of allylic oxidation sites excluding steroid dienone is 1. The molecule has 0 saturated carbocycles. The highest BCUT2D eigenvalue weighted by molar-refractivity contribution is 6.30. The van der Waals surface area contributed by atoms with Crippen molar-refractivity contribution in [3.8, 4) is 5.69 Å². The number of esters is 1. The van der Waals surface area contributed by atoms with Gasteiger partial charge in [-0.1, -0.05) is 17.7 Å². The van der Waals surface area contributed by atoms with Gasteiger partial charge in [0.05, 0.1) is 18.3 Å². The van der Waals surface area contributed by atoms with Gasteiger partial charge < -0.3 is 14.2 Å². The molecule has 0 saturated heterocycles. The van der Waals surface area contributed by atoms with Gasteiger partial charge in [0.25, 0.3) is 5.91 Å². The largest absolute Gasteiger partial charge is 0.465 e. The van der Waals surface area contributed by atoms with Crippen molar-refractivity contribution in [2.24, 2.45) is 0 Å². The molecule has 0 bridgehead atoms. The van der Waals surface area contributed by atoms with E-state index in [4.69, 9.17) is 16.3 Å². The number of ether oxygens (including phenoxy) is 1. The molecular weight excluding hydrogens is 388 g/mol. The first-order valence-electron chi connectivity index (χ1n) is 9.49. The number of amides is 1. The van der Waals surface area contributed by atoms with Crippen molar-refractivity contribution < 1.29 is 14.3 Å². The highest BCUT2D eigenvalue weighted by atomic mass is 35.5. The maximum absolute atomic E-state index is 12.9. The number of benzene rings is 1. The summed E-state index contributed by atoms with van der Waals surface area (Å²) in [7, 11) is 1.33. The molecule has 0 radical (unpaired) electrons. The number of hydrogen-bond acceptors (Lipinski definition) is 3. The van der Waals surface area contributed by atoms with E-state index in [2.05, 4.69) is 4.57 Å². The lowest BCUT2D eigenvalue weighted by Gasteiger charge is -2.14. The van der Waals surface area contributed by atoms with Crippen molar-refractivity contribution in [2.75, 3.05) is 13.7 Å². The summed E-state index contributed by atoms with van der Waals surface area (Å²) in [5.74, 6) is -0.688. The van der Waals surface area contributed by atoms with Crippen LogP contribution in [0.1, 0.15) is 36.4 Å². The molecule has 5 nitrogen and oxygen atoms in total. The average molecular weight is 413 g/mol. The molecule has 1 aromatic heterocycles. The Hall–Kier alpha value is -2.79. The molecule has 0 atom stereocenters. The predicted molar refractivity (Wildman–Crippen MR) is 115 cm³/mol.